The Morgan fingerprint density at radius 3 is 2.62 bits per heavy atom. The van der Waals surface area contributed by atoms with Crippen LogP contribution >= 0.6 is 0 Å². The van der Waals surface area contributed by atoms with Crippen LogP contribution in [0, 0.1) is 5.92 Å². The number of aliphatic carboxylic acids is 1. The Balaban J connectivity index is 0.000000552. The lowest BCUT2D eigenvalue weighted by atomic mass is 9.92. The average molecular weight is 409 g/mol. The van der Waals surface area contributed by atoms with Gasteiger partial charge in [-0.1, -0.05) is 5.21 Å². The van der Waals surface area contributed by atoms with Gasteiger partial charge in [0.15, 0.2) is 5.69 Å². The highest BCUT2D eigenvalue weighted by atomic mass is 16.5. The topological polar surface area (TPSA) is 144 Å². The zero-order valence-electron chi connectivity index (χ0n) is 16.8. The van der Waals surface area contributed by atoms with Crippen molar-refractivity contribution in [2.45, 2.75) is 69.7 Å². The van der Waals surface area contributed by atoms with Crippen LogP contribution in [0.4, 0.5) is 0 Å². The van der Waals surface area contributed by atoms with Crippen molar-refractivity contribution in [3.05, 3.63) is 11.9 Å². The van der Waals surface area contributed by atoms with E-state index in [9.17, 15) is 9.90 Å². The van der Waals surface area contributed by atoms with E-state index in [1.54, 1.807) is 6.20 Å². The number of amides is 1. The van der Waals surface area contributed by atoms with Gasteiger partial charge in [-0.05, 0) is 44.4 Å². The summed E-state index contributed by atoms with van der Waals surface area (Å²) in [7, 11) is 0. The molecule has 3 aliphatic rings. The van der Waals surface area contributed by atoms with Crippen LogP contribution in [0.25, 0.3) is 0 Å². The fourth-order valence-electron chi connectivity index (χ4n) is 4.52. The fraction of sp³-hybridized carbons (Fsp3) is 0.789. The molecule has 3 fully saturated rings. The first kappa shape index (κ1) is 21.7. The highest BCUT2D eigenvalue weighted by Gasteiger charge is 2.43. The standard InChI is InChI=1S/C17H27N5O3.C2H4O2/c18-12-1-3-13(4-2-12)22-9-14(19-20-22)17(24)21-5-6-25-16-8-11(10-23)7-15(16)21;1-2(3)4/h9,11-13,15-16,23H,1-8,10,18H2;1H3,(H,3,4)/t11-,12?,13?,15+,16+;/m1./s1. The van der Waals surface area contributed by atoms with Gasteiger partial charge in [-0.15, -0.1) is 5.10 Å². The summed E-state index contributed by atoms with van der Waals surface area (Å²) in [6, 6.07) is 0.612. The van der Waals surface area contributed by atoms with Crippen molar-refractivity contribution in [3.63, 3.8) is 0 Å². The van der Waals surface area contributed by atoms with E-state index in [1.807, 2.05) is 9.58 Å². The van der Waals surface area contributed by atoms with E-state index < -0.39 is 5.97 Å². The monoisotopic (exact) mass is 409 g/mol. The largest absolute Gasteiger partial charge is 0.481 e. The van der Waals surface area contributed by atoms with Crippen molar-refractivity contribution in [1.82, 2.24) is 19.9 Å². The van der Waals surface area contributed by atoms with E-state index in [0.29, 0.717) is 18.8 Å². The molecule has 0 spiro atoms. The van der Waals surface area contributed by atoms with E-state index >= 15 is 0 Å². The molecule has 0 unspecified atom stereocenters. The Bertz CT molecular complexity index is 699. The second-order valence-electron chi connectivity index (χ2n) is 8.17. The van der Waals surface area contributed by atoms with Crippen LogP contribution in [-0.2, 0) is 9.53 Å². The van der Waals surface area contributed by atoms with Gasteiger partial charge in [-0.3, -0.25) is 9.59 Å². The van der Waals surface area contributed by atoms with Crippen LogP contribution in [-0.4, -0.2) is 79.9 Å². The summed E-state index contributed by atoms with van der Waals surface area (Å²) in [5.74, 6) is -0.693. The van der Waals surface area contributed by atoms with E-state index in [-0.39, 0.29) is 42.7 Å². The summed E-state index contributed by atoms with van der Waals surface area (Å²) < 4.78 is 7.64. The van der Waals surface area contributed by atoms with Crippen LogP contribution in [0.15, 0.2) is 6.20 Å². The molecule has 1 amide bonds. The number of nitrogens with zero attached hydrogens (tertiary/aromatic N) is 4. The molecule has 1 saturated heterocycles. The molecule has 2 heterocycles. The first-order valence-electron chi connectivity index (χ1n) is 10.3. The number of nitrogens with two attached hydrogens (primary N) is 1. The molecule has 10 heteroatoms. The number of morpholine rings is 1. The summed E-state index contributed by atoms with van der Waals surface area (Å²) in [5, 5.41) is 25.2. The molecule has 1 aromatic heterocycles. The molecule has 1 aliphatic heterocycles. The SMILES string of the molecule is CC(=O)O.NC1CCC(n2cc(C(=O)N3CCO[C@H]4C[C@H](CO)C[C@@H]43)nn2)CC1. The molecule has 3 atom stereocenters. The van der Waals surface area contributed by atoms with Crippen molar-refractivity contribution in [2.24, 2.45) is 11.7 Å². The first-order valence-corrected chi connectivity index (χ1v) is 10.3. The molecule has 10 nitrogen and oxygen atoms in total. The number of rotatable bonds is 3. The van der Waals surface area contributed by atoms with E-state index in [0.717, 1.165) is 45.4 Å². The molecule has 4 rings (SSSR count). The minimum Gasteiger partial charge on any atom is -0.481 e. The third kappa shape index (κ3) is 5.31. The summed E-state index contributed by atoms with van der Waals surface area (Å²) in [6.45, 7) is 2.35. The number of ether oxygens (including phenoxy) is 1. The molecular formula is C19H31N5O5. The number of aliphatic hydroxyl groups excluding tert-OH is 1. The van der Waals surface area contributed by atoms with Crippen LogP contribution < -0.4 is 5.73 Å². The van der Waals surface area contributed by atoms with E-state index in [2.05, 4.69) is 10.3 Å². The smallest absolute Gasteiger partial charge is 0.300 e. The summed E-state index contributed by atoms with van der Waals surface area (Å²) >= 11 is 0. The van der Waals surface area contributed by atoms with Crippen molar-refractivity contribution < 1.29 is 24.5 Å². The molecule has 2 aliphatic carbocycles. The maximum absolute atomic E-state index is 13.0. The number of aromatic nitrogens is 3. The molecule has 29 heavy (non-hydrogen) atoms. The quantitative estimate of drug-likeness (QED) is 0.652. The van der Waals surface area contributed by atoms with Crippen LogP contribution in [0.1, 0.15) is 62.0 Å². The lowest BCUT2D eigenvalue weighted by molar-refractivity contribution is -0.134. The van der Waals surface area contributed by atoms with Crippen molar-refractivity contribution in [3.8, 4) is 0 Å². The fourth-order valence-corrected chi connectivity index (χ4v) is 4.52. The predicted molar refractivity (Wildman–Crippen MR) is 103 cm³/mol. The number of carboxylic acid groups (broad SMARTS) is 1. The molecule has 2 saturated carbocycles. The van der Waals surface area contributed by atoms with Gasteiger partial charge in [0.25, 0.3) is 11.9 Å². The lowest BCUT2D eigenvalue weighted by Crippen LogP contribution is -2.51. The first-order chi connectivity index (χ1) is 13.9. The third-order valence-electron chi connectivity index (χ3n) is 6.00. The Hall–Kier alpha value is -2.04. The Morgan fingerprint density at radius 2 is 1.97 bits per heavy atom. The molecule has 4 N–H and O–H groups in total. The molecule has 162 valence electrons. The third-order valence-corrected chi connectivity index (χ3v) is 6.00. The second kappa shape index (κ2) is 9.64. The zero-order chi connectivity index (χ0) is 21.0. The van der Waals surface area contributed by atoms with Crippen LogP contribution in [0.5, 0.6) is 0 Å². The number of hydrogen-bond donors (Lipinski definition) is 3. The van der Waals surface area contributed by atoms with Crippen molar-refractivity contribution >= 4 is 11.9 Å². The Morgan fingerprint density at radius 1 is 1.28 bits per heavy atom. The number of carbonyl (C=O) groups excluding carboxylic acids is 1. The van der Waals surface area contributed by atoms with Crippen molar-refractivity contribution in [1.29, 1.82) is 0 Å². The number of aliphatic hydroxyl groups is 1. The van der Waals surface area contributed by atoms with Gasteiger partial charge in [0.2, 0.25) is 0 Å². The summed E-state index contributed by atoms with van der Waals surface area (Å²) in [4.78, 5) is 23.8. The van der Waals surface area contributed by atoms with Crippen LogP contribution in [0.3, 0.4) is 0 Å². The minimum atomic E-state index is -0.833. The van der Waals surface area contributed by atoms with Gasteiger partial charge in [0, 0.05) is 26.1 Å². The summed E-state index contributed by atoms with van der Waals surface area (Å²) in [5.41, 5.74) is 6.37. The number of fused-ring (bicyclic) bond motifs is 1. The van der Waals surface area contributed by atoms with Crippen LogP contribution in [0.2, 0.25) is 0 Å². The zero-order valence-corrected chi connectivity index (χ0v) is 16.8. The predicted octanol–water partition coefficient (Wildman–Crippen LogP) is 0.423. The van der Waals surface area contributed by atoms with E-state index in [4.69, 9.17) is 20.4 Å². The number of carboxylic acids is 1. The minimum absolute atomic E-state index is 0.0322. The van der Waals surface area contributed by atoms with E-state index in [1.165, 1.54) is 0 Å². The van der Waals surface area contributed by atoms with Crippen molar-refractivity contribution in [2.75, 3.05) is 19.8 Å². The highest BCUT2D eigenvalue weighted by molar-refractivity contribution is 5.92. The maximum Gasteiger partial charge on any atom is 0.300 e. The van der Waals surface area contributed by atoms with Gasteiger partial charge in [-0.25, -0.2) is 4.68 Å². The molecular weight excluding hydrogens is 378 g/mol. The Labute approximate surface area is 170 Å². The lowest BCUT2D eigenvalue weighted by Gasteiger charge is -2.37. The van der Waals surface area contributed by atoms with Gasteiger partial charge >= 0.3 is 0 Å². The highest BCUT2D eigenvalue weighted by Crippen LogP contribution is 2.34. The molecule has 0 bridgehead atoms. The van der Waals surface area contributed by atoms with Gasteiger partial charge < -0.3 is 25.6 Å². The Kier molecular flexibility index (Phi) is 7.20. The molecule has 0 radical (unpaired) electrons. The normalized spacial score (nSPS) is 31.6. The molecule has 0 aromatic carbocycles. The van der Waals surface area contributed by atoms with Gasteiger partial charge in [0.05, 0.1) is 31.0 Å². The number of hydrogen-bond acceptors (Lipinski definition) is 7. The second-order valence-corrected chi connectivity index (χ2v) is 8.17. The van der Waals surface area contributed by atoms with Gasteiger partial charge in [-0.2, -0.15) is 0 Å². The number of carbonyl (C=O) groups is 2. The molecule has 1 aromatic rings. The average Bonchev–Trinajstić information content (AvgIpc) is 3.34. The maximum atomic E-state index is 13.0. The van der Waals surface area contributed by atoms with Gasteiger partial charge in [0.1, 0.15) is 0 Å². The summed E-state index contributed by atoms with van der Waals surface area (Å²) in [6.07, 6.45) is 7.38.